The summed E-state index contributed by atoms with van der Waals surface area (Å²) in [4.78, 5) is 36.3. The monoisotopic (exact) mass is 240 g/mol. The van der Waals surface area contributed by atoms with Gasteiger partial charge >= 0.3 is 0 Å². The maximum atomic E-state index is 12.1. The van der Waals surface area contributed by atoms with E-state index in [0.717, 1.165) is 4.90 Å². The Kier molecular flexibility index (Phi) is 4.40. The summed E-state index contributed by atoms with van der Waals surface area (Å²) in [6.45, 7) is 5.37. The Morgan fingerprint density at radius 1 is 1.47 bits per heavy atom. The van der Waals surface area contributed by atoms with Gasteiger partial charge in [0.15, 0.2) is 5.78 Å². The number of carbonyl (C=O) groups excluding carboxylic acids is 3. The molecule has 0 aromatic carbocycles. The minimum atomic E-state index is -0.785. The van der Waals surface area contributed by atoms with Crippen LogP contribution in [0.15, 0.2) is 0 Å². The zero-order chi connectivity index (χ0) is 13.2. The number of hydrogen-bond donors (Lipinski definition) is 1. The molecule has 0 radical (unpaired) electrons. The SMILES string of the molecule is CC(=O)C(CN)N1C(=O)CC(CC(C)C)C1=O. The van der Waals surface area contributed by atoms with Crippen LogP contribution < -0.4 is 5.73 Å². The largest absolute Gasteiger partial charge is 0.328 e. The Balaban J connectivity index is 2.84. The predicted octanol–water partition coefficient (Wildman–Crippen LogP) is 0.324. The van der Waals surface area contributed by atoms with E-state index in [1.807, 2.05) is 13.8 Å². The van der Waals surface area contributed by atoms with Crippen LogP contribution in [0, 0.1) is 11.8 Å². The van der Waals surface area contributed by atoms with Crippen LogP contribution in [0.1, 0.15) is 33.6 Å². The van der Waals surface area contributed by atoms with Crippen molar-refractivity contribution in [2.45, 2.75) is 39.7 Å². The lowest BCUT2D eigenvalue weighted by atomic mass is 9.96. The fraction of sp³-hybridized carbons (Fsp3) is 0.750. The first kappa shape index (κ1) is 13.8. The lowest BCUT2D eigenvalue weighted by Crippen LogP contribution is -2.48. The fourth-order valence-corrected chi connectivity index (χ4v) is 2.25. The van der Waals surface area contributed by atoms with Gasteiger partial charge in [-0.3, -0.25) is 19.3 Å². The predicted molar refractivity (Wildman–Crippen MR) is 62.9 cm³/mol. The van der Waals surface area contributed by atoms with Gasteiger partial charge in [-0.1, -0.05) is 13.8 Å². The van der Waals surface area contributed by atoms with Crippen molar-refractivity contribution in [1.82, 2.24) is 4.90 Å². The molecule has 1 rings (SSSR count). The number of amides is 2. The maximum Gasteiger partial charge on any atom is 0.233 e. The van der Waals surface area contributed by atoms with Gasteiger partial charge in [-0.05, 0) is 19.3 Å². The second kappa shape index (κ2) is 5.40. The van der Waals surface area contributed by atoms with Crippen LogP contribution in [0.5, 0.6) is 0 Å². The van der Waals surface area contributed by atoms with E-state index in [9.17, 15) is 14.4 Å². The van der Waals surface area contributed by atoms with Crippen molar-refractivity contribution in [3.63, 3.8) is 0 Å². The number of imide groups is 1. The molecule has 1 aliphatic rings. The molecule has 0 bridgehead atoms. The van der Waals surface area contributed by atoms with Gasteiger partial charge in [0.05, 0.1) is 0 Å². The van der Waals surface area contributed by atoms with Gasteiger partial charge in [-0.15, -0.1) is 0 Å². The van der Waals surface area contributed by atoms with Gasteiger partial charge < -0.3 is 5.73 Å². The van der Waals surface area contributed by atoms with E-state index in [0.29, 0.717) is 12.3 Å². The standard InChI is InChI=1S/C12H20N2O3/c1-7(2)4-9-5-11(16)14(12(9)17)10(6-13)8(3)15/h7,9-10H,4-6,13H2,1-3H3. The number of carbonyl (C=O) groups is 3. The van der Waals surface area contributed by atoms with E-state index < -0.39 is 6.04 Å². The molecule has 0 aliphatic carbocycles. The third kappa shape index (κ3) is 2.91. The molecular weight excluding hydrogens is 220 g/mol. The van der Waals surface area contributed by atoms with Crippen LogP contribution in [-0.4, -0.2) is 35.1 Å². The molecule has 0 saturated carbocycles. The average Bonchev–Trinajstić information content (AvgIpc) is 2.45. The van der Waals surface area contributed by atoms with Gasteiger partial charge in [0.1, 0.15) is 6.04 Å². The molecule has 0 spiro atoms. The second-order valence-corrected chi connectivity index (χ2v) is 4.99. The summed E-state index contributed by atoms with van der Waals surface area (Å²) in [5, 5.41) is 0. The summed E-state index contributed by atoms with van der Waals surface area (Å²) < 4.78 is 0. The normalized spacial score (nSPS) is 22.4. The second-order valence-electron chi connectivity index (χ2n) is 4.99. The minimum Gasteiger partial charge on any atom is -0.328 e. The number of nitrogens with two attached hydrogens (primary N) is 1. The van der Waals surface area contributed by atoms with Crippen molar-refractivity contribution in [1.29, 1.82) is 0 Å². The molecule has 2 amide bonds. The summed E-state index contributed by atoms with van der Waals surface area (Å²) in [7, 11) is 0. The Labute approximate surface area is 101 Å². The summed E-state index contributed by atoms with van der Waals surface area (Å²) in [5.74, 6) is -0.679. The summed E-state index contributed by atoms with van der Waals surface area (Å²) in [6, 6.07) is -0.785. The van der Waals surface area contributed by atoms with E-state index in [4.69, 9.17) is 5.73 Å². The maximum absolute atomic E-state index is 12.1. The fourth-order valence-electron chi connectivity index (χ4n) is 2.25. The Morgan fingerprint density at radius 2 is 2.06 bits per heavy atom. The molecule has 96 valence electrons. The van der Waals surface area contributed by atoms with Crippen molar-refractivity contribution in [3.8, 4) is 0 Å². The summed E-state index contributed by atoms with van der Waals surface area (Å²) in [6.07, 6.45) is 0.886. The van der Waals surface area contributed by atoms with Gasteiger partial charge in [0.25, 0.3) is 0 Å². The number of likely N-dealkylation sites (tertiary alicyclic amines) is 1. The van der Waals surface area contributed by atoms with Crippen LogP contribution in [0.2, 0.25) is 0 Å². The Hall–Kier alpha value is -1.23. The lowest BCUT2D eigenvalue weighted by molar-refractivity contribution is -0.146. The first-order valence-electron chi connectivity index (χ1n) is 5.94. The first-order chi connectivity index (χ1) is 7.88. The zero-order valence-corrected chi connectivity index (χ0v) is 10.6. The molecule has 1 saturated heterocycles. The van der Waals surface area contributed by atoms with Crippen LogP contribution in [0.4, 0.5) is 0 Å². The quantitative estimate of drug-likeness (QED) is 0.702. The molecule has 2 N–H and O–H groups in total. The lowest BCUT2D eigenvalue weighted by Gasteiger charge is -2.23. The highest BCUT2D eigenvalue weighted by atomic mass is 16.2. The highest BCUT2D eigenvalue weighted by molar-refractivity contribution is 6.07. The van der Waals surface area contributed by atoms with Gasteiger partial charge in [0.2, 0.25) is 11.8 Å². The summed E-state index contributed by atoms with van der Waals surface area (Å²) >= 11 is 0. The molecule has 1 fully saturated rings. The van der Waals surface area contributed by atoms with Crippen LogP contribution >= 0.6 is 0 Å². The van der Waals surface area contributed by atoms with E-state index in [2.05, 4.69) is 0 Å². The smallest absolute Gasteiger partial charge is 0.233 e. The van der Waals surface area contributed by atoms with Gasteiger partial charge in [-0.2, -0.15) is 0 Å². The number of nitrogens with zero attached hydrogens (tertiary/aromatic N) is 1. The number of rotatable bonds is 5. The van der Waals surface area contributed by atoms with Gasteiger partial charge in [-0.25, -0.2) is 0 Å². The minimum absolute atomic E-state index is 0.00120. The average molecular weight is 240 g/mol. The highest BCUT2D eigenvalue weighted by Crippen LogP contribution is 2.27. The number of Topliss-reactive ketones (excluding diaryl/α,β-unsaturated/α-hetero) is 1. The molecule has 17 heavy (non-hydrogen) atoms. The van der Waals surface area contributed by atoms with E-state index in [1.54, 1.807) is 0 Å². The Bertz CT molecular complexity index is 339. The van der Waals surface area contributed by atoms with Gasteiger partial charge in [0, 0.05) is 18.9 Å². The van der Waals surface area contributed by atoms with E-state index in [1.165, 1.54) is 6.92 Å². The molecule has 5 nitrogen and oxygen atoms in total. The molecule has 2 unspecified atom stereocenters. The molecule has 1 heterocycles. The number of hydrogen-bond acceptors (Lipinski definition) is 4. The van der Waals surface area contributed by atoms with Crippen LogP contribution in [0.25, 0.3) is 0 Å². The molecule has 0 aromatic rings. The van der Waals surface area contributed by atoms with Crippen molar-refractivity contribution < 1.29 is 14.4 Å². The molecule has 0 aromatic heterocycles. The Morgan fingerprint density at radius 3 is 2.47 bits per heavy atom. The molecule has 5 heteroatoms. The topological polar surface area (TPSA) is 80.5 Å². The number of ketones is 1. The molecule has 2 atom stereocenters. The molecular formula is C12H20N2O3. The summed E-state index contributed by atoms with van der Waals surface area (Å²) in [5.41, 5.74) is 5.46. The third-order valence-corrected chi connectivity index (χ3v) is 3.04. The van der Waals surface area contributed by atoms with E-state index in [-0.39, 0.29) is 36.5 Å². The molecule has 1 aliphatic heterocycles. The van der Waals surface area contributed by atoms with Crippen molar-refractivity contribution in [2.75, 3.05) is 6.54 Å². The van der Waals surface area contributed by atoms with Crippen LogP contribution in [-0.2, 0) is 14.4 Å². The zero-order valence-electron chi connectivity index (χ0n) is 10.6. The van der Waals surface area contributed by atoms with Crippen molar-refractivity contribution in [2.24, 2.45) is 17.6 Å². The first-order valence-corrected chi connectivity index (χ1v) is 5.94. The van der Waals surface area contributed by atoms with Crippen LogP contribution in [0.3, 0.4) is 0 Å². The third-order valence-electron chi connectivity index (χ3n) is 3.04. The van der Waals surface area contributed by atoms with Crippen molar-refractivity contribution in [3.05, 3.63) is 0 Å². The van der Waals surface area contributed by atoms with E-state index >= 15 is 0 Å². The highest BCUT2D eigenvalue weighted by Gasteiger charge is 2.43. The van der Waals surface area contributed by atoms with Crippen molar-refractivity contribution >= 4 is 17.6 Å².